The van der Waals surface area contributed by atoms with Crippen LogP contribution in [0, 0.1) is 0 Å². The normalized spacial score (nSPS) is 16.2. The van der Waals surface area contributed by atoms with Gasteiger partial charge in [-0.05, 0) is 31.4 Å². The number of hydrogen-bond acceptors (Lipinski definition) is 3. The monoisotopic (exact) mass is 343 g/mol. The first-order chi connectivity index (χ1) is 11.5. The number of nitrogens with one attached hydrogen (secondary N) is 3. The zero-order chi connectivity index (χ0) is 17.4. The summed E-state index contributed by atoms with van der Waals surface area (Å²) in [5.41, 5.74) is -0.739. The molecule has 24 heavy (non-hydrogen) atoms. The Labute approximate surface area is 140 Å². The van der Waals surface area contributed by atoms with Gasteiger partial charge in [-0.1, -0.05) is 12.8 Å². The topological polar surface area (TPSA) is 61.3 Å². The fourth-order valence-electron chi connectivity index (χ4n) is 2.64. The molecule has 5 nitrogen and oxygen atoms in total. The fourth-order valence-corrected chi connectivity index (χ4v) is 2.64. The Balaban J connectivity index is 1.63. The molecule has 134 valence electrons. The van der Waals surface area contributed by atoms with Gasteiger partial charge < -0.3 is 16.0 Å². The molecule has 0 atom stereocenters. The van der Waals surface area contributed by atoms with Crippen molar-refractivity contribution in [2.45, 2.75) is 44.3 Å². The van der Waals surface area contributed by atoms with E-state index in [9.17, 15) is 13.2 Å². The molecule has 0 aromatic carbocycles. The molecule has 1 aliphatic carbocycles. The summed E-state index contributed by atoms with van der Waals surface area (Å²) < 4.78 is 37.3. The molecule has 1 aromatic heterocycles. The Hall–Kier alpha value is -1.99. The Bertz CT molecular complexity index is 522. The molecular formula is C16H24F3N5. The number of pyridine rings is 1. The van der Waals surface area contributed by atoms with Crippen LogP contribution in [0.2, 0.25) is 0 Å². The molecule has 0 unspecified atom stereocenters. The maximum atomic E-state index is 12.4. The highest BCUT2D eigenvalue weighted by atomic mass is 19.4. The summed E-state index contributed by atoms with van der Waals surface area (Å²) in [7, 11) is 1.74. The van der Waals surface area contributed by atoms with Crippen LogP contribution in [0.25, 0.3) is 0 Å². The van der Waals surface area contributed by atoms with E-state index in [0.717, 1.165) is 31.2 Å². The van der Waals surface area contributed by atoms with Crippen molar-refractivity contribution in [2.75, 3.05) is 25.5 Å². The van der Waals surface area contributed by atoms with Crippen molar-refractivity contribution >= 4 is 11.8 Å². The van der Waals surface area contributed by atoms with E-state index in [0.29, 0.717) is 18.4 Å². The molecule has 0 saturated heterocycles. The summed E-state index contributed by atoms with van der Waals surface area (Å²) in [6.45, 7) is 1.34. The first-order valence-electron chi connectivity index (χ1n) is 8.23. The van der Waals surface area contributed by atoms with E-state index < -0.39 is 11.7 Å². The van der Waals surface area contributed by atoms with Crippen molar-refractivity contribution in [3.8, 4) is 0 Å². The SMILES string of the molecule is CN=C(NCCCNc1ccc(C(F)(F)F)cn1)NC1CCCC1. The number of nitrogens with zero attached hydrogens (tertiary/aromatic N) is 2. The maximum absolute atomic E-state index is 12.4. The molecule has 1 aromatic rings. The second-order valence-electron chi connectivity index (χ2n) is 5.83. The number of alkyl halides is 3. The molecule has 3 N–H and O–H groups in total. The first-order valence-corrected chi connectivity index (χ1v) is 8.23. The Morgan fingerprint density at radius 3 is 2.58 bits per heavy atom. The van der Waals surface area contributed by atoms with Crippen LogP contribution in [0.1, 0.15) is 37.7 Å². The van der Waals surface area contributed by atoms with Gasteiger partial charge in [0.25, 0.3) is 0 Å². The third-order valence-electron chi connectivity index (χ3n) is 3.96. The lowest BCUT2D eigenvalue weighted by molar-refractivity contribution is -0.137. The predicted octanol–water partition coefficient (Wildman–Crippen LogP) is 3.01. The number of hydrogen-bond donors (Lipinski definition) is 3. The van der Waals surface area contributed by atoms with Crippen molar-refractivity contribution in [3.05, 3.63) is 23.9 Å². The summed E-state index contributed by atoms with van der Waals surface area (Å²) >= 11 is 0. The minimum absolute atomic E-state index is 0.441. The van der Waals surface area contributed by atoms with Crippen LogP contribution in [0.3, 0.4) is 0 Å². The van der Waals surface area contributed by atoms with E-state index in [1.165, 1.54) is 31.7 Å². The summed E-state index contributed by atoms with van der Waals surface area (Å²) in [5, 5.41) is 9.64. The van der Waals surface area contributed by atoms with E-state index in [1.807, 2.05) is 0 Å². The molecule has 1 fully saturated rings. The standard InChI is InChI=1S/C16H24F3N5/c1-20-15(24-13-5-2-3-6-13)22-10-4-9-21-14-8-7-12(11-23-14)16(17,18)19/h7-8,11,13H,2-6,9-10H2,1H3,(H,21,23)(H2,20,22,24). The van der Waals surface area contributed by atoms with Gasteiger partial charge in [0.15, 0.2) is 5.96 Å². The first kappa shape index (κ1) is 18.4. The van der Waals surface area contributed by atoms with E-state index in [1.54, 1.807) is 7.05 Å². The van der Waals surface area contributed by atoms with Crippen LogP contribution < -0.4 is 16.0 Å². The van der Waals surface area contributed by atoms with Gasteiger partial charge in [0.05, 0.1) is 5.56 Å². The van der Waals surface area contributed by atoms with Crippen molar-refractivity contribution in [3.63, 3.8) is 0 Å². The lowest BCUT2D eigenvalue weighted by Crippen LogP contribution is -2.42. The highest BCUT2D eigenvalue weighted by Gasteiger charge is 2.30. The molecule has 0 aliphatic heterocycles. The van der Waals surface area contributed by atoms with Crippen molar-refractivity contribution in [1.29, 1.82) is 0 Å². The number of aliphatic imine (C=N–C) groups is 1. The molecule has 1 saturated carbocycles. The van der Waals surface area contributed by atoms with Crippen LogP contribution >= 0.6 is 0 Å². The summed E-state index contributed by atoms with van der Waals surface area (Å²) in [6.07, 6.45) is 2.18. The van der Waals surface area contributed by atoms with Gasteiger partial charge in [0.2, 0.25) is 0 Å². The van der Waals surface area contributed by atoms with E-state index >= 15 is 0 Å². The second-order valence-corrected chi connectivity index (χ2v) is 5.83. The molecule has 0 spiro atoms. The van der Waals surface area contributed by atoms with Crippen molar-refractivity contribution in [2.24, 2.45) is 4.99 Å². The molecule has 0 bridgehead atoms. The van der Waals surface area contributed by atoms with Crippen LogP contribution in [0.4, 0.5) is 19.0 Å². The van der Waals surface area contributed by atoms with Crippen molar-refractivity contribution in [1.82, 2.24) is 15.6 Å². The fraction of sp³-hybridized carbons (Fsp3) is 0.625. The number of rotatable bonds is 6. The Kier molecular flexibility index (Phi) is 6.69. The molecule has 0 amide bonds. The van der Waals surface area contributed by atoms with Crippen molar-refractivity contribution < 1.29 is 13.2 Å². The predicted molar refractivity (Wildman–Crippen MR) is 89.1 cm³/mol. The zero-order valence-electron chi connectivity index (χ0n) is 13.8. The number of guanidine groups is 1. The lowest BCUT2D eigenvalue weighted by atomic mass is 10.2. The van der Waals surface area contributed by atoms with Crippen LogP contribution in [-0.4, -0.2) is 37.1 Å². The smallest absolute Gasteiger partial charge is 0.370 e. The third-order valence-corrected chi connectivity index (χ3v) is 3.96. The molecule has 8 heteroatoms. The van der Waals surface area contributed by atoms with E-state index in [-0.39, 0.29) is 0 Å². The number of halogens is 3. The Morgan fingerprint density at radius 2 is 2.00 bits per heavy atom. The minimum Gasteiger partial charge on any atom is -0.370 e. The zero-order valence-corrected chi connectivity index (χ0v) is 13.8. The van der Waals surface area contributed by atoms with Crippen LogP contribution in [-0.2, 0) is 6.18 Å². The molecule has 0 radical (unpaired) electrons. The van der Waals surface area contributed by atoms with Crippen LogP contribution in [0.5, 0.6) is 0 Å². The molecule has 2 rings (SSSR count). The van der Waals surface area contributed by atoms with Gasteiger partial charge in [0.1, 0.15) is 5.82 Å². The van der Waals surface area contributed by atoms with Gasteiger partial charge in [-0.25, -0.2) is 4.98 Å². The van der Waals surface area contributed by atoms with Gasteiger partial charge in [0, 0.05) is 32.4 Å². The number of anilines is 1. The maximum Gasteiger partial charge on any atom is 0.417 e. The quantitative estimate of drug-likeness (QED) is 0.422. The van der Waals surface area contributed by atoms with E-state index in [4.69, 9.17) is 0 Å². The summed E-state index contributed by atoms with van der Waals surface area (Å²) in [4.78, 5) is 7.97. The second kappa shape index (κ2) is 8.75. The third kappa shape index (κ3) is 5.90. The average Bonchev–Trinajstić information content (AvgIpc) is 3.06. The molecule has 1 aliphatic rings. The molecular weight excluding hydrogens is 319 g/mol. The lowest BCUT2D eigenvalue weighted by Gasteiger charge is -2.16. The summed E-state index contributed by atoms with van der Waals surface area (Å²) in [5.74, 6) is 1.24. The number of aromatic nitrogens is 1. The molecule has 1 heterocycles. The van der Waals surface area contributed by atoms with Gasteiger partial charge in [-0.2, -0.15) is 13.2 Å². The van der Waals surface area contributed by atoms with Gasteiger partial charge >= 0.3 is 6.18 Å². The summed E-state index contributed by atoms with van der Waals surface area (Å²) in [6, 6.07) is 2.88. The minimum atomic E-state index is -4.35. The highest BCUT2D eigenvalue weighted by molar-refractivity contribution is 5.79. The average molecular weight is 343 g/mol. The van der Waals surface area contributed by atoms with Gasteiger partial charge in [-0.15, -0.1) is 0 Å². The largest absolute Gasteiger partial charge is 0.417 e. The Morgan fingerprint density at radius 1 is 1.25 bits per heavy atom. The van der Waals surface area contributed by atoms with Crippen LogP contribution in [0.15, 0.2) is 23.3 Å². The highest BCUT2D eigenvalue weighted by Crippen LogP contribution is 2.28. The van der Waals surface area contributed by atoms with E-state index in [2.05, 4.69) is 25.9 Å². The van der Waals surface area contributed by atoms with Gasteiger partial charge in [-0.3, -0.25) is 4.99 Å².